The van der Waals surface area contributed by atoms with Crippen LogP contribution in [0.25, 0.3) is 0 Å². The number of nitro groups is 1. The fourth-order valence-corrected chi connectivity index (χ4v) is 1.65. The largest absolute Gasteiger partial charge is 0.459 e. The van der Waals surface area contributed by atoms with Crippen LogP contribution in [0.5, 0.6) is 0 Å². The fourth-order valence-electron chi connectivity index (χ4n) is 1.65. The molecule has 1 aromatic rings. The molecule has 1 aromatic heterocycles. The Labute approximate surface area is 129 Å². The molecule has 1 atom stereocenters. The number of nitrogens with zero attached hydrogens (tertiary/aromatic N) is 2. The SMILES string of the molecule is CC(C)(C)OC(=O)C1CNCCN1.O=[N+]([O-])c1cccnc1. The first kappa shape index (κ1) is 18.0. The van der Waals surface area contributed by atoms with E-state index in [1.807, 2.05) is 20.8 Å². The topological polar surface area (TPSA) is 106 Å². The average Bonchev–Trinajstić information content (AvgIpc) is 2.48. The molecule has 1 aliphatic heterocycles. The van der Waals surface area contributed by atoms with Crippen molar-refractivity contribution in [2.24, 2.45) is 0 Å². The zero-order valence-corrected chi connectivity index (χ0v) is 13.0. The third-order valence-corrected chi connectivity index (χ3v) is 2.59. The minimum atomic E-state index is -0.479. The number of hydrogen-bond donors (Lipinski definition) is 2. The number of esters is 1. The lowest BCUT2D eigenvalue weighted by Crippen LogP contribution is -2.53. The highest BCUT2D eigenvalue weighted by Gasteiger charge is 2.25. The zero-order valence-electron chi connectivity index (χ0n) is 13.0. The van der Waals surface area contributed by atoms with E-state index in [9.17, 15) is 14.9 Å². The van der Waals surface area contributed by atoms with E-state index in [-0.39, 0.29) is 17.7 Å². The first-order valence-electron chi connectivity index (χ1n) is 7.01. The molecule has 0 aromatic carbocycles. The van der Waals surface area contributed by atoms with Crippen LogP contribution in [-0.2, 0) is 9.53 Å². The molecule has 0 saturated carbocycles. The van der Waals surface area contributed by atoms with Gasteiger partial charge in [0.2, 0.25) is 0 Å². The Hall–Kier alpha value is -2.06. The molecule has 2 N–H and O–H groups in total. The molecular formula is C14H22N4O4. The van der Waals surface area contributed by atoms with Gasteiger partial charge in [0.05, 0.1) is 4.92 Å². The summed E-state index contributed by atoms with van der Waals surface area (Å²) in [6, 6.07) is 2.73. The lowest BCUT2D eigenvalue weighted by atomic mass is 10.2. The van der Waals surface area contributed by atoms with E-state index >= 15 is 0 Å². The van der Waals surface area contributed by atoms with Crippen LogP contribution in [0.2, 0.25) is 0 Å². The molecule has 22 heavy (non-hydrogen) atoms. The van der Waals surface area contributed by atoms with Crippen molar-refractivity contribution in [3.63, 3.8) is 0 Å². The number of hydrogen-bond acceptors (Lipinski definition) is 7. The maximum Gasteiger partial charge on any atom is 0.324 e. The lowest BCUT2D eigenvalue weighted by Gasteiger charge is -2.27. The summed E-state index contributed by atoms with van der Waals surface area (Å²) in [5, 5.41) is 16.2. The van der Waals surface area contributed by atoms with Gasteiger partial charge in [0.1, 0.15) is 17.8 Å². The van der Waals surface area contributed by atoms with Gasteiger partial charge in [0.25, 0.3) is 5.69 Å². The van der Waals surface area contributed by atoms with Crippen LogP contribution in [0.15, 0.2) is 24.5 Å². The number of piperazine rings is 1. The van der Waals surface area contributed by atoms with E-state index in [4.69, 9.17) is 4.74 Å². The van der Waals surface area contributed by atoms with Crippen LogP contribution in [0.4, 0.5) is 5.69 Å². The maximum absolute atomic E-state index is 11.5. The predicted octanol–water partition coefficient (Wildman–Crippen LogP) is 0.879. The highest BCUT2D eigenvalue weighted by atomic mass is 16.6. The molecule has 0 aliphatic carbocycles. The Morgan fingerprint density at radius 3 is 2.59 bits per heavy atom. The number of pyridine rings is 1. The van der Waals surface area contributed by atoms with Crippen molar-refractivity contribution >= 4 is 11.7 Å². The standard InChI is InChI=1S/C9H18N2O2.C5H4N2O2/c1-9(2,3)13-8(12)7-6-10-4-5-11-7;8-7(9)5-2-1-3-6-4-5/h7,10-11H,4-6H2,1-3H3;1-4H. The highest BCUT2D eigenvalue weighted by molar-refractivity contribution is 5.76. The second-order valence-electron chi connectivity index (χ2n) is 5.71. The zero-order chi connectivity index (χ0) is 16.6. The van der Waals surface area contributed by atoms with Gasteiger partial charge in [-0.3, -0.25) is 19.9 Å². The summed E-state index contributed by atoms with van der Waals surface area (Å²) >= 11 is 0. The van der Waals surface area contributed by atoms with Gasteiger partial charge in [0, 0.05) is 31.9 Å². The van der Waals surface area contributed by atoms with Gasteiger partial charge >= 0.3 is 5.97 Å². The monoisotopic (exact) mass is 310 g/mol. The molecule has 0 radical (unpaired) electrons. The van der Waals surface area contributed by atoms with Crippen LogP contribution in [0.1, 0.15) is 20.8 Å². The molecule has 8 heteroatoms. The third-order valence-electron chi connectivity index (χ3n) is 2.59. The van der Waals surface area contributed by atoms with Crippen LogP contribution in [0.3, 0.4) is 0 Å². The van der Waals surface area contributed by atoms with E-state index in [1.54, 1.807) is 0 Å². The summed E-state index contributed by atoms with van der Waals surface area (Å²) < 4.78 is 5.24. The number of nitrogens with one attached hydrogen (secondary N) is 2. The second kappa shape index (κ2) is 8.40. The van der Waals surface area contributed by atoms with Gasteiger partial charge in [-0.15, -0.1) is 0 Å². The molecule has 122 valence electrons. The Morgan fingerprint density at radius 2 is 2.18 bits per heavy atom. The molecule has 2 heterocycles. The molecule has 8 nitrogen and oxygen atoms in total. The molecular weight excluding hydrogens is 288 g/mol. The van der Waals surface area contributed by atoms with E-state index < -0.39 is 10.5 Å². The van der Waals surface area contributed by atoms with Crippen molar-refractivity contribution in [1.29, 1.82) is 0 Å². The molecule has 0 spiro atoms. The third kappa shape index (κ3) is 7.09. The highest BCUT2D eigenvalue weighted by Crippen LogP contribution is 2.08. The van der Waals surface area contributed by atoms with E-state index in [0.717, 1.165) is 13.1 Å². The van der Waals surface area contributed by atoms with Gasteiger partial charge in [-0.25, -0.2) is 0 Å². The van der Waals surface area contributed by atoms with E-state index in [0.29, 0.717) is 6.54 Å². The van der Waals surface area contributed by atoms with Gasteiger partial charge in [-0.1, -0.05) is 0 Å². The van der Waals surface area contributed by atoms with E-state index in [2.05, 4.69) is 15.6 Å². The Kier molecular flexibility index (Phi) is 6.87. The van der Waals surface area contributed by atoms with Gasteiger partial charge in [0.15, 0.2) is 0 Å². The minimum absolute atomic E-state index is 0.0255. The van der Waals surface area contributed by atoms with Gasteiger partial charge < -0.3 is 15.4 Å². The summed E-state index contributed by atoms with van der Waals surface area (Å²) in [4.78, 5) is 24.5. The van der Waals surface area contributed by atoms with Crippen LogP contribution in [-0.4, -0.2) is 47.2 Å². The maximum atomic E-state index is 11.5. The number of carbonyl (C=O) groups is 1. The number of rotatable bonds is 2. The molecule has 1 unspecified atom stereocenters. The van der Waals surface area contributed by atoms with E-state index in [1.165, 1.54) is 24.5 Å². The van der Waals surface area contributed by atoms with Gasteiger partial charge in [-0.05, 0) is 26.8 Å². The predicted molar refractivity (Wildman–Crippen MR) is 81.4 cm³/mol. The summed E-state index contributed by atoms with van der Waals surface area (Å²) in [5.74, 6) is -0.167. The van der Waals surface area contributed by atoms with Crippen molar-refractivity contribution in [3.05, 3.63) is 34.6 Å². The van der Waals surface area contributed by atoms with Crippen molar-refractivity contribution in [3.8, 4) is 0 Å². The van der Waals surface area contributed by atoms with Crippen molar-refractivity contribution in [2.45, 2.75) is 32.4 Å². The molecule has 1 fully saturated rings. The minimum Gasteiger partial charge on any atom is -0.459 e. The quantitative estimate of drug-likeness (QED) is 0.474. The molecule has 1 aliphatic rings. The Balaban J connectivity index is 0.000000235. The summed E-state index contributed by atoms with van der Waals surface area (Å²) in [6.45, 7) is 8.03. The Bertz CT molecular complexity index is 481. The summed E-state index contributed by atoms with van der Waals surface area (Å²) in [5.41, 5.74) is -0.367. The van der Waals surface area contributed by atoms with Crippen molar-refractivity contribution < 1.29 is 14.5 Å². The fraction of sp³-hybridized carbons (Fsp3) is 0.571. The van der Waals surface area contributed by atoms with Crippen molar-refractivity contribution in [1.82, 2.24) is 15.6 Å². The Morgan fingerprint density at radius 1 is 1.45 bits per heavy atom. The lowest BCUT2D eigenvalue weighted by molar-refractivity contribution is -0.385. The molecule has 2 rings (SSSR count). The van der Waals surface area contributed by atoms with Crippen LogP contribution >= 0.6 is 0 Å². The first-order valence-corrected chi connectivity index (χ1v) is 7.01. The second-order valence-corrected chi connectivity index (χ2v) is 5.71. The molecule has 1 saturated heterocycles. The molecule has 0 amide bonds. The van der Waals surface area contributed by atoms with Crippen LogP contribution in [0, 0.1) is 10.1 Å². The van der Waals surface area contributed by atoms with Crippen molar-refractivity contribution in [2.75, 3.05) is 19.6 Å². The smallest absolute Gasteiger partial charge is 0.324 e. The van der Waals surface area contributed by atoms with Crippen LogP contribution < -0.4 is 10.6 Å². The molecule has 0 bridgehead atoms. The summed E-state index contributed by atoms with van der Waals surface area (Å²) in [7, 11) is 0. The number of aromatic nitrogens is 1. The van der Waals surface area contributed by atoms with Gasteiger partial charge in [-0.2, -0.15) is 0 Å². The number of ether oxygens (including phenoxy) is 1. The number of carbonyl (C=O) groups excluding carboxylic acids is 1. The average molecular weight is 310 g/mol. The first-order chi connectivity index (χ1) is 10.3. The summed E-state index contributed by atoms with van der Waals surface area (Å²) in [6.07, 6.45) is 2.70. The normalized spacial score (nSPS) is 17.9.